The summed E-state index contributed by atoms with van der Waals surface area (Å²) in [5.74, 6) is 0.339. The summed E-state index contributed by atoms with van der Waals surface area (Å²) in [6.45, 7) is 0.382. The molecule has 2 aromatic rings. The molecule has 0 radical (unpaired) electrons. The highest BCUT2D eigenvalue weighted by molar-refractivity contribution is 5.61. The number of hydrogen-bond acceptors (Lipinski definition) is 3. The Hall–Kier alpha value is -1.82. The zero-order valence-electron chi connectivity index (χ0n) is 9.37. The summed E-state index contributed by atoms with van der Waals surface area (Å²) in [5, 5.41) is 3.60. The number of nitrogens with two attached hydrogens (primary N) is 1. The van der Waals surface area contributed by atoms with E-state index >= 15 is 0 Å². The molecule has 0 amide bonds. The van der Waals surface area contributed by atoms with Crippen LogP contribution in [0.3, 0.4) is 0 Å². The van der Waals surface area contributed by atoms with Crippen LogP contribution in [0.15, 0.2) is 35.0 Å². The Morgan fingerprint density at radius 3 is 2.72 bits per heavy atom. The van der Waals surface area contributed by atoms with Crippen molar-refractivity contribution in [2.45, 2.75) is 12.6 Å². The molecule has 1 aromatic heterocycles. The van der Waals surface area contributed by atoms with Gasteiger partial charge in [0.25, 0.3) is 0 Å². The lowest BCUT2D eigenvalue weighted by molar-refractivity contribution is -0.137. The van der Waals surface area contributed by atoms with Crippen LogP contribution in [0.2, 0.25) is 0 Å². The minimum absolute atomic E-state index is 0.339. The highest BCUT2D eigenvalue weighted by Crippen LogP contribution is 2.33. The standard InChI is InChI=1S/C12H11F3N2O/c13-12(14,15)10-3-1-2-8(6-10)11-9(4-5-16)7-17-18-11/h1-3,6-7H,4-5,16H2. The first kappa shape index (κ1) is 12.6. The van der Waals surface area contributed by atoms with Crippen LogP contribution in [0.1, 0.15) is 11.1 Å². The van der Waals surface area contributed by atoms with Crippen LogP contribution in [0.5, 0.6) is 0 Å². The van der Waals surface area contributed by atoms with Gasteiger partial charge in [-0.3, -0.25) is 0 Å². The smallest absolute Gasteiger partial charge is 0.356 e. The molecule has 1 aromatic carbocycles. The van der Waals surface area contributed by atoms with Gasteiger partial charge in [0.15, 0.2) is 5.76 Å². The third-order valence-corrected chi connectivity index (χ3v) is 2.51. The number of rotatable bonds is 3. The van der Waals surface area contributed by atoms with E-state index in [2.05, 4.69) is 5.16 Å². The van der Waals surface area contributed by atoms with Gasteiger partial charge in [0.2, 0.25) is 0 Å². The average Bonchev–Trinajstić information content (AvgIpc) is 2.77. The minimum Gasteiger partial charge on any atom is -0.356 e. The van der Waals surface area contributed by atoms with E-state index in [1.807, 2.05) is 0 Å². The molecule has 0 saturated carbocycles. The number of nitrogens with zero attached hydrogens (tertiary/aromatic N) is 1. The highest BCUT2D eigenvalue weighted by atomic mass is 19.4. The van der Waals surface area contributed by atoms with Crippen molar-refractivity contribution in [2.75, 3.05) is 6.54 Å². The van der Waals surface area contributed by atoms with Crippen LogP contribution in [-0.2, 0) is 12.6 Å². The van der Waals surface area contributed by atoms with E-state index in [1.54, 1.807) is 6.07 Å². The molecule has 0 fully saturated rings. The molecule has 18 heavy (non-hydrogen) atoms. The van der Waals surface area contributed by atoms with Crippen LogP contribution < -0.4 is 5.73 Å². The molecule has 0 aliphatic rings. The fourth-order valence-corrected chi connectivity index (χ4v) is 1.67. The topological polar surface area (TPSA) is 52.0 Å². The monoisotopic (exact) mass is 256 g/mol. The fourth-order valence-electron chi connectivity index (χ4n) is 1.67. The van der Waals surface area contributed by atoms with Crippen LogP contribution in [0.25, 0.3) is 11.3 Å². The van der Waals surface area contributed by atoms with E-state index in [9.17, 15) is 13.2 Å². The molecule has 0 aliphatic heterocycles. The van der Waals surface area contributed by atoms with E-state index in [-0.39, 0.29) is 0 Å². The van der Waals surface area contributed by atoms with E-state index in [1.165, 1.54) is 12.3 Å². The highest BCUT2D eigenvalue weighted by Gasteiger charge is 2.30. The first-order chi connectivity index (χ1) is 8.52. The lowest BCUT2D eigenvalue weighted by Gasteiger charge is -2.07. The second-order valence-electron chi connectivity index (χ2n) is 3.80. The molecule has 2 rings (SSSR count). The third-order valence-electron chi connectivity index (χ3n) is 2.51. The minimum atomic E-state index is -4.37. The lowest BCUT2D eigenvalue weighted by atomic mass is 10.0. The Balaban J connectivity index is 2.42. The van der Waals surface area contributed by atoms with Crippen molar-refractivity contribution in [2.24, 2.45) is 5.73 Å². The van der Waals surface area contributed by atoms with Crippen LogP contribution >= 0.6 is 0 Å². The molecule has 3 nitrogen and oxygen atoms in total. The molecule has 0 unspecified atom stereocenters. The Kier molecular flexibility index (Phi) is 3.38. The normalized spacial score (nSPS) is 11.8. The summed E-state index contributed by atoms with van der Waals surface area (Å²) >= 11 is 0. The summed E-state index contributed by atoms with van der Waals surface area (Å²) < 4.78 is 42.8. The molecule has 6 heteroatoms. The first-order valence-corrected chi connectivity index (χ1v) is 5.33. The Morgan fingerprint density at radius 2 is 2.06 bits per heavy atom. The second kappa shape index (κ2) is 4.81. The number of aromatic nitrogens is 1. The molecule has 0 atom stereocenters. The van der Waals surface area contributed by atoms with Gasteiger partial charge in [-0.1, -0.05) is 17.3 Å². The van der Waals surface area contributed by atoms with Crippen molar-refractivity contribution in [3.05, 3.63) is 41.6 Å². The molecule has 1 heterocycles. The number of hydrogen-bond donors (Lipinski definition) is 1. The SMILES string of the molecule is NCCc1cnoc1-c1cccc(C(F)(F)F)c1. The van der Waals surface area contributed by atoms with Crippen LogP contribution in [0, 0.1) is 0 Å². The summed E-state index contributed by atoms with van der Waals surface area (Å²) in [4.78, 5) is 0. The van der Waals surface area contributed by atoms with Crippen molar-refractivity contribution < 1.29 is 17.7 Å². The maximum absolute atomic E-state index is 12.6. The molecular weight excluding hydrogens is 245 g/mol. The summed E-state index contributed by atoms with van der Waals surface area (Å²) in [5.41, 5.74) is 5.76. The lowest BCUT2D eigenvalue weighted by Crippen LogP contribution is -2.05. The number of halogens is 3. The maximum Gasteiger partial charge on any atom is 0.416 e. The Labute approximate surface area is 101 Å². The van der Waals surface area contributed by atoms with Crippen LogP contribution in [-0.4, -0.2) is 11.7 Å². The van der Waals surface area contributed by atoms with E-state index < -0.39 is 11.7 Å². The van der Waals surface area contributed by atoms with E-state index in [0.717, 1.165) is 12.1 Å². The zero-order chi connectivity index (χ0) is 13.2. The summed E-state index contributed by atoms with van der Waals surface area (Å²) in [6, 6.07) is 4.95. The molecule has 0 saturated heterocycles. The van der Waals surface area contributed by atoms with Gasteiger partial charge in [-0.2, -0.15) is 13.2 Å². The van der Waals surface area contributed by atoms with Gasteiger partial charge in [-0.15, -0.1) is 0 Å². The zero-order valence-corrected chi connectivity index (χ0v) is 9.37. The number of alkyl halides is 3. The van der Waals surface area contributed by atoms with Crippen molar-refractivity contribution in [3.63, 3.8) is 0 Å². The predicted molar refractivity (Wildman–Crippen MR) is 59.7 cm³/mol. The van der Waals surface area contributed by atoms with Gasteiger partial charge in [-0.25, -0.2) is 0 Å². The van der Waals surface area contributed by atoms with Crippen molar-refractivity contribution in [1.82, 2.24) is 5.16 Å². The van der Waals surface area contributed by atoms with Gasteiger partial charge in [0.05, 0.1) is 11.8 Å². The average molecular weight is 256 g/mol. The maximum atomic E-state index is 12.6. The Bertz CT molecular complexity index is 534. The predicted octanol–water partition coefficient (Wildman–Crippen LogP) is 2.86. The molecule has 0 bridgehead atoms. The molecular formula is C12H11F3N2O. The van der Waals surface area contributed by atoms with E-state index in [4.69, 9.17) is 10.3 Å². The largest absolute Gasteiger partial charge is 0.416 e. The molecule has 96 valence electrons. The molecule has 0 spiro atoms. The first-order valence-electron chi connectivity index (χ1n) is 5.33. The molecule has 0 aliphatic carbocycles. The van der Waals surface area contributed by atoms with Gasteiger partial charge in [0.1, 0.15) is 0 Å². The van der Waals surface area contributed by atoms with Crippen molar-refractivity contribution in [3.8, 4) is 11.3 Å². The quantitative estimate of drug-likeness (QED) is 0.918. The van der Waals surface area contributed by atoms with Gasteiger partial charge >= 0.3 is 6.18 Å². The van der Waals surface area contributed by atoms with E-state index in [0.29, 0.717) is 29.9 Å². The van der Waals surface area contributed by atoms with Gasteiger partial charge in [0, 0.05) is 11.1 Å². The fraction of sp³-hybridized carbons (Fsp3) is 0.250. The van der Waals surface area contributed by atoms with Gasteiger partial charge < -0.3 is 10.3 Å². The number of benzene rings is 1. The third kappa shape index (κ3) is 2.53. The van der Waals surface area contributed by atoms with Crippen molar-refractivity contribution >= 4 is 0 Å². The molecule has 2 N–H and O–H groups in total. The Morgan fingerprint density at radius 1 is 1.28 bits per heavy atom. The second-order valence-corrected chi connectivity index (χ2v) is 3.80. The summed E-state index contributed by atoms with van der Waals surface area (Å²) in [6.07, 6.45) is -2.39. The van der Waals surface area contributed by atoms with Crippen molar-refractivity contribution in [1.29, 1.82) is 0 Å². The summed E-state index contributed by atoms with van der Waals surface area (Å²) in [7, 11) is 0. The van der Waals surface area contributed by atoms with Gasteiger partial charge in [-0.05, 0) is 25.1 Å². The van der Waals surface area contributed by atoms with Crippen LogP contribution in [0.4, 0.5) is 13.2 Å².